The van der Waals surface area contributed by atoms with Crippen molar-refractivity contribution < 1.29 is 9.53 Å². The third-order valence-corrected chi connectivity index (χ3v) is 6.25. The zero-order valence-electron chi connectivity index (χ0n) is 20.0. The molecule has 1 aliphatic heterocycles. The lowest BCUT2D eigenvalue weighted by atomic mass is 9.96. The monoisotopic (exact) mass is 454 g/mol. The van der Waals surface area contributed by atoms with Crippen LogP contribution in [-0.2, 0) is 11.2 Å². The molecule has 174 valence electrons. The van der Waals surface area contributed by atoms with Crippen molar-refractivity contribution in [2.75, 3.05) is 38.2 Å². The third kappa shape index (κ3) is 4.89. The number of pyridine rings is 1. The lowest BCUT2D eigenvalue weighted by Crippen LogP contribution is -2.49. The number of rotatable bonds is 6. The Kier molecular flexibility index (Phi) is 7.12. The number of methoxy groups -OCH3 is 1. The van der Waals surface area contributed by atoms with Crippen LogP contribution >= 0.6 is 0 Å². The maximum atomic E-state index is 12.8. The van der Waals surface area contributed by atoms with Crippen LogP contribution in [0.3, 0.4) is 0 Å². The molecule has 6 nitrogen and oxygen atoms in total. The van der Waals surface area contributed by atoms with Gasteiger partial charge in [-0.25, -0.2) is 4.98 Å². The highest BCUT2D eigenvalue weighted by Gasteiger charge is 2.26. The van der Waals surface area contributed by atoms with E-state index in [2.05, 4.69) is 24.8 Å². The molecule has 0 atom stereocenters. The minimum atomic E-state index is 0.130. The topological polar surface area (TPSA) is 69.5 Å². The first-order valence-corrected chi connectivity index (χ1v) is 11.7. The molecule has 0 spiro atoms. The standard InChI is InChI=1S/C28H30N4O2/c1-20(2)25-18-23(22-11-7-8-12-26(22)34-3)24(19-29)28(30-25)32-15-13-31(14-16-32)27(33)17-21-9-5-4-6-10-21/h4-12,18,20H,13-17H2,1-3H3. The molecular weight excluding hydrogens is 424 g/mol. The molecule has 4 rings (SSSR count). The molecule has 0 bridgehead atoms. The van der Waals surface area contributed by atoms with E-state index in [0.717, 1.165) is 28.1 Å². The Morgan fingerprint density at radius 2 is 1.71 bits per heavy atom. The van der Waals surface area contributed by atoms with E-state index in [4.69, 9.17) is 9.72 Å². The van der Waals surface area contributed by atoms with Gasteiger partial charge in [0.15, 0.2) is 0 Å². The van der Waals surface area contributed by atoms with Crippen molar-refractivity contribution in [1.82, 2.24) is 9.88 Å². The lowest BCUT2D eigenvalue weighted by Gasteiger charge is -2.36. The smallest absolute Gasteiger partial charge is 0.227 e. The van der Waals surface area contributed by atoms with Gasteiger partial charge in [0, 0.05) is 43.0 Å². The largest absolute Gasteiger partial charge is 0.496 e. The second-order valence-corrected chi connectivity index (χ2v) is 8.79. The lowest BCUT2D eigenvalue weighted by molar-refractivity contribution is -0.130. The number of carbonyl (C=O) groups is 1. The first kappa shape index (κ1) is 23.3. The number of carbonyl (C=O) groups excluding carboxylic acids is 1. The fraction of sp³-hybridized carbons (Fsp3) is 0.321. The summed E-state index contributed by atoms with van der Waals surface area (Å²) in [6.07, 6.45) is 0.406. The molecule has 0 radical (unpaired) electrons. The van der Waals surface area contributed by atoms with E-state index in [0.29, 0.717) is 44.0 Å². The third-order valence-electron chi connectivity index (χ3n) is 6.25. The van der Waals surface area contributed by atoms with Gasteiger partial charge in [-0.05, 0) is 23.6 Å². The van der Waals surface area contributed by atoms with Gasteiger partial charge in [-0.15, -0.1) is 0 Å². The predicted molar refractivity (Wildman–Crippen MR) is 134 cm³/mol. The minimum absolute atomic E-state index is 0.130. The van der Waals surface area contributed by atoms with Gasteiger partial charge >= 0.3 is 0 Å². The van der Waals surface area contributed by atoms with Gasteiger partial charge in [0.2, 0.25) is 5.91 Å². The van der Waals surface area contributed by atoms with Crippen molar-refractivity contribution in [3.63, 3.8) is 0 Å². The maximum absolute atomic E-state index is 12.8. The molecule has 1 saturated heterocycles. The van der Waals surface area contributed by atoms with E-state index < -0.39 is 0 Å². The summed E-state index contributed by atoms with van der Waals surface area (Å²) in [5, 5.41) is 10.2. The first-order valence-electron chi connectivity index (χ1n) is 11.7. The molecule has 0 aliphatic carbocycles. The summed E-state index contributed by atoms with van der Waals surface area (Å²) in [5.41, 5.74) is 4.20. The van der Waals surface area contributed by atoms with Crippen molar-refractivity contribution in [2.24, 2.45) is 0 Å². The van der Waals surface area contributed by atoms with Gasteiger partial charge in [0.05, 0.1) is 13.5 Å². The van der Waals surface area contributed by atoms with E-state index in [1.807, 2.05) is 65.6 Å². The van der Waals surface area contributed by atoms with Crippen LogP contribution in [0, 0.1) is 11.3 Å². The van der Waals surface area contributed by atoms with Crippen molar-refractivity contribution in [1.29, 1.82) is 5.26 Å². The van der Waals surface area contributed by atoms with Gasteiger partial charge in [0.25, 0.3) is 0 Å². The van der Waals surface area contributed by atoms with Crippen LogP contribution in [0.15, 0.2) is 60.7 Å². The van der Waals surface area contributed by atoms with Gasteiger partial charge in [0.1, 0.15) is 23.2 Å². The van der Waals surface area contributed by atoms with Crippen molar-refractivity contribution >= 4 is 11.7 Å². The summed E-state index contributed by atoms with van der Waals surface area (Å²) in [6, 6.07) is 22.0. The summed E-state index contributed by atoms with van der Waals surface area (Å²) in [6.45, 7) is 6.68. The number of aromatic nitrogens is 1. The summed E-state index contributed by atoms with van der Waals surface area (Å²) < 4.78 is 5.59. The quantitative estimate of drug-likeness (QED) is 0.543. The number of hydrogen-bond donors (Lipinski definition) is 0. The number of nitrogens with zero attached hydrogens (tertiary/aromatic N) is 4. The highest BCUT2D eigenvalue weighted by molar-refractivity contribution is 5.81. The van der Waals surface area contributed by atoms with E-state index in [1.165, 1.54) is 0 Å². The zero-order valence-corrected chi connectivity index (χ0v) is 20.0. The van der Waals surface area contributed by atoms with Crippen molar-refractivity contribution in [3.05, 3.63) is 77.5 Å². The highest BCUT2D eigenvalue weighted by Crippen LogP contribution is 2.37. The molecule has 1 amide bonds. The van der Waals surface area contributed by atoms with Gasteiger partial charge in [-0.1, -0.05) is 62.4 Å². The maximum Gasteiger partial charge on any atom is 0.227 e. The Bertz CT molecular complexity index is 1190. The second-order valence-electron chi connectivity index (χ2n) is 8.79. The Balaban J connectivity index is 1.61. The van der Waals surface area contributed by atoms with Crippen LogP contribution in [0.25, 0.3) is 11.1 Å². The van der Waals surface area contributed by atoms with Crippen LogP contribution in [0.4, 0.5) is 5.82 Å². The molecule has 6 heteroatoms. The van der Waals surface area contributed by atoms with E-state index >= 15 is 0 Å². The molecule has 0 saturated carbocycles. The number of piperazine rings is 1. The van der Waals surface area contributed by atoms with E-state index in [1.54, 1.807) is 7.11 Å². The van der Waals surface area contributed by atoms with Crippen LogP contribution in [0.5, 0.6) is 5.75 Å². The Morgan fingerprint density at radius 3 is 2.35 bits per heavy atom. The Morgan fingerprint density at radius 1 is 1.03 bits per heavy atom. The van der Waals surface area contributed by atoms with Crippen molar-refractivity contribution in [3.8, 4) is 22.9 Å². The number of amides is 1. The summed E-state index contributed by atoms with van der Waals surface area (Å²) in [4.78, 5) is 21.8. The first-order chi connectivity index (χ1) is 16.5. The van der Waals surface area contributed by atoms with Crippen LogP contribution in [-0.4, -0.2) is 49.1 Å². The van der Waals surface area contributed by atoms with Crippen LogP contribution in [0.1, 0.15) is 36.6 Å². The van der Waals surface area contributed by atoms with Crippen LogP contribution < -0.4 is 9.64 Å². The Hall–Kier alpha value is -3.85. The normalized spacial score (nSPS) is 13.6. The number of para-hydroxylation sites is 1. The molecule has 3 aromatic rings. The second kappa shape index (κ2) is 10.4. The number of nitriles is 1. The van der Waals surface area contributed by atoms with Gasteiger partial charge in [-0.3, -0.25) is 4.79 Å². The number of anilines is 1. The highest BCUT2D eigenvalue weighted by atomic mass is 16.5. The summed E-state index contributed by atoms with van der Waals surface area (Å²) >= 11 is 0. The molecule has 0 N–H and O–H groups in total. The molecule has 2 aromatic carbocycles. The van der Waals surface area contributed by atoms with Crippen molar-refractivity contribution in [2.45, 2.75) is 26.2 Å². The average Bonchev–Trinajstić information content (AvgIpc) is 2.88. The van der Waals surface area contributed by atoms with E-state index in [9.17, 15) is 10.1 Å². The number of hydrogen-bond acceptors (Lipinski definition) is 5. The predicted octanol–water partition coefficient (Wildman–Crippen LogP) is 4.64. The molecule has 34 heavy (non-hydrogen) atoms. The molecule has 1 aliphatic rings. The molecule has 1 aromatic heterocycles. The van der Waals surface area contributed by atoms with Gasteiger partial charge < -0.3 is 14.5 Å². The SMILES string of the molecule is COc1ccccc1-c1cc(C(C)C)nc(N2CCN(C(=O)Cc3ccccc3)CC2)c1C#N. The zero-order chi connectivity index (χ0) is 24.1. The van der Waals surface area contributed by atoms with Crippen LogP contribution in [0.2, 0.25) is 0 Å². The molecule has 2 heterocycles. The molecular formula is C28H30N4O2. The number of benzene rings is 2. The number of ether oxygens (including phenoxy) is 1. The fourth-order valence-electron chi connectivity index (χ4n) is 4.32. The molecule has 1 fully saturated rings. The fourth-order valence-corrected chi connectivity index (χ4v) is 4.32. The Labute approximate surface area is 201 Å². The minimum Gasteiger partial charge on any atom is -0.496 e. The average molecular weight is 455 g/mol. The van der Waals surface area contributed by atoms with Gasteiger partial charge in [-0.2, -0.15) is 5.26 Å². The summed E-state index contributed by atoms with van der Waals surface area (Å²) in [5.74, 6) is 1.74. The van der Waals surface area contributed by atoms with E-state index in [-0.39, 0.29) is 11.8 Å². The summed E-state index contributed by atoms with van der Waals surface area (Å²) in [7, 11) is 1.64. The molecule has 0 unspecified atom stereocenters.